The number of hydrogen-bond donors (Lipinski definition) is 3. The van der Waals surface area contributed by atoms with Gasteiger partial charge in [0.25, 0.3) is 11.5 Å². The SMILES string of the molecule is CNc1ccc2ccc(=O)n(CCN(CCN)[C@H]3CC[C@H]4[C@@H](C3)OC(=O)N4c3ccc4c(n3)NC(=O)CO4)c2c1. The predicted molar refractivity (Wildman–Crippen MR) is 151 cm³/mol. The van der Waals surface area contributed by atoms with Gasteiger partial charge in [-0.2, -0.15) is 0 Å². The highest BCUT2D eigenvalue weighted by Gasteiger charge is 2.47. The van der Waals surface area contributed by atoms with E-state index in [4.69, 9.17) is 15.2 Å². The second kappa shape index (κ2) is 10.8. The summed E-state index contributed by atoms with van der Waals surface area (Å²) in [4.78, 5) is 45.9. The van der Waals surface area contributed by atoms with Crippen molar-refractivity contribution in [3.8, 4) is 5.75 Å². The molecule has 1 saturated carbocycles. The molecule has 3 aromatic rings. The maximum Gasteiger partial charge on any atom is 0.416 e. The Morgan fingerprint density at radius 1 is 1.12 bits per heavy atom. The van der Waals surface area contributed by atoms with Gasteiger partial charge < -0.3 is 30.4 Å². The molecule has 4 N–H and O–H groups in total. The molecule has 2 fully saturated rings. The third kappa shape index (κ3) is 4.84. The third-order valence-electron chi connectivity index (χ3n) is 8.04. The summed E-state index contributed by atoms with van der Waals surface area (Å²) in [6.45, 7) is 2.26. The number of aromatic nitrogens is 2. The van der Waals surface area contributed by atoms with Gasteiger partial charge in [-0.25, -0.2) is 9.78 Å². The highest BCUT2D eigenvalue weighted by molar-refractivity contribution is 5.95. The van der Waals surface area contributed by atoms with Crippen molar-refractivity contribution in [1.82, 2.24) is 14.5 Å². The van der Waals surface area contributed by atoms with Crippen molar-refractivity contribution in [3.63, 3.8) is 0 Å². The summed E-state index contributed by atoms with van der Waals surface area (Å²) in [6, 6.07) is 12.9. The molecule has 6 rings (SSSR count). The van der Waals surface area contributed by atoms with Gasteiger partial charge >= 0.3 is 6.09 Å². The van der Waals surface area contributed by atoms with E-state index in [1.165, 1.54) is 0 Å². The molecule has 1 aromatic carbocycles. The molecule has 1 saturated heterocycles. The largest absolute Gasteiger partial charge is 0.480 e. The number of nitrogens with zero attached hydrogens (tertiary/aromatic N) is 4. The average molecular weight is 548 g/mol. The van der Waals surface area contributed by atoms with Crippen LogP contribution in [0.25, 0.3) is 10.9 Å². The van der Waals surface area contributed by atoms with Crippen LogP contribution in [-0.2, 0) is 16.1 Å². The zero-order valence-corrected chi connectivity index (χ0v) is 22.3. The number of rotatable bonds is 8. The van der Waals surface area contributed by atoms with Gasteiger partial charge in [0.05, 0.1) is 11.6 Å². The normalized spacial score (nSPS) is 22.0. The Labute approximate surface area is 231 Å². The first-order chi connectivity index (χ1) is 19.4. The summed E-state index contributed by atoms with van der Waals surface area (Å²) in [6.07, 6.45) is 1.48. The van der Waals surface area contributed by atoms with Crippen molar-refractivity contribution < 1.29 is 19.1 Å². The molecule has 0 spiro atoms. The second-order valence-electron chi connectivity index (χ2n) is 10.4. The topological polar surface area (TPSA) is 144 Å². The van der Waals surface area contributed by atoms with Gasteiger partial charge in [0.2, 0.25) is 0 Å². The Morgan fingerprint density at radius 2 is 1.98 bits per heavy atom. The van der Waals surface area contributed by atoms with Crippen molar-refractivity contribution in [2.45, 2.75) is 44.0 Å². The lowest BCUT2D eigenvalue weighted by molar-refractivity contribution is -0.118. The molecule has 4 heterocycles. The Balaban J connectivity index is 1.17. The zero-order valence-electron chi connectivity index (χ0n) is 22.3. The van der Waals surface area contributed by atoms with Crippen LogP contribution in [0.1, 0.15) is 19.3 Å². The first-order valence-electron chi connectivity index (χ1n) is 13.6. The maximum atomic E-state index is 13.0. The molecule has 12 nitrogen and oxygen atoms in total. The van der Waals surface area contributed by atoms with E-state index in [9.17, 15) is 14.4 Å². The van der Waals surface area contributed by atoms with Crippen molar-refractivity contribution in [2.24, 2.45) is 5.73 Å². The molecule has 3 atom stereocenters. The first-order valence-corrected chi connectivity index (χ1v) is 13.6. The number of benzene rings is 1. The molecule has 2 amide bonds. The Bertz CT molecular complexity index is 1510. The van der Waals surface area contributed by atoms with Gasteiger partial charge in [-0.05, 0) is 48.6 Å². The molecule has 2 aliphatic heterocycles. The van der Waals surface area contributed by atoms with Crippen LogP contribution >= 0.6 is 0 Å². The molecule has 0 bridgehead atoms. The van der Waals surface area contributed by atoms with Crippen LogP contribution in [0.15, 0.2) is 47.3 Å². The van der Waals surface area contributed by atoms with E-state index >= 15 is 0 Å². The molecule has 3 aliphatic rings. The van der Waals surface area contributed by atoms with E-state index in [1.54, 1.807) is 23.1 Å². The molecule has 0 radical (unpaired) electrons. The van der Waals surface area contributed by atoms with E-state index in [-0.39, 0.29) is 36.3 Å². The van der Waals surface area contributed by atoms with Crippen LogP contribution in [0.4, 0.5) is 22.1 Å². The fourth-order valence-electron chi connectivity index (χ4n) is 6.06. The summed E-state index contributed by atoms with van der Waals surface area (Å²) in [7, 11) is 1.86. The Kier molecular flexibility index (Phi) is 7.03. The number of amides is 2. The van der Waals surface area contributed by atoms with Gasteiger partial charge in [-0.1, -0.05) is 6.07 Å². The summed E-state index contributed by atoms with van der Waals surface area (Å²) in [5, 5.41) is 6.84. The number of nitrogens with one attached hydrogen (secondary N) is 2. The lowest BCUT2D eigenvalue weighted by Gasteiger charge is -2.39. The van der Waals surface area contributed by atoms with Crippen molar-refractivity contribution in [1.29, 1.82) is 0 Å². The van der Waals surface area contributed by atoms with Crippen molar-refractivity contribution in [2.75, 3.05) is 48.8 Å². The summed E-state index contributed by atoms with van der Waals surface area (Å²) in [5.41, 5.74) is 7.78. The molecular weight excluding hydrogens is 514 g/mol. The van der Waals surface area contributed by atoms with Crippen LogP contribution in [0.3, 0.4) is 0 Å². The van der Waals surface area contributed by atoms with E-state index in [1.807, 2.05) is 35.9 Å². The van der Waals surface area contributed by atoms with Gasteiger partial charge in [-0.3, -0.25) is 19.4 Å². The van der Waals surface area contributed by atoms with Gasteiger partial charge in [0.1, 0.15) is 11.9 Å². The molecule has 0 unspecified atom stereocenters. The summed E-state index contributed by atoms with van der Waals surface area (Å²) >= 11 is 0. The highest BCUT2D eigenvalue weighted by Crippen LogP contribution is 2.38. The number of ether oxygens (including phenoxy) is 2. The number of pyridine rings is 2. The van der Waals surface area contributed by atoms with E-state index in [0.29, 0.717) is 50.0 Å². The van der Waals surface area contributed by atoms with Crippen LogP contribution in [0.5, 0.6) is 5.75 Å². The van der Waals surface area contributed by atoms with Crippen LogP contribution in [0.2, 0.25) is 0 Å². The summed E-state index contributed by atoms with van der Waals surface area (Å²) in [5.74, 6) is 0.919. The summed E-state index contributed by atoms with van der Waals surface area (Å²) < 4.78 is 13.0. The lowest BCUT2D eigenvalue weighted by atomic mass is 9.87. The van der Waals surface area contributed by atoms with Gasteiger partial charge in [-0.15, -0.1) is 0 Å². The van der Waals surface area contributed by atoms with Gasteiger partial charge in [0.15, 0.2) is 18.2 Å². The number of anilines is 3. The van der Waals surface area contributed by atoms with E-state index in [2.05, 4.69) is 20.5 Å². The van der Waals surface area contributed by atoms with Crippen molar-refractivity contribution >= 4 is 40.2 Å². The minimum Gasteiger partial charge on any atom is -0.480 e. The van der Waals surface area contributed by atoms with Gasteiger partial charge in [0, 0.05) is 57.4 Å². The number of carbonyl (C=O) groups is 2. The monoisotopic (exact) mass is 547 g/mol. The van der Waals surface area contributed by atoms with Crippen LogP contribution in [0, 0.1) is 0 Å². The van der Waals surface area contributed by atoms with E-state index in [0.717, 1.165) is 29.4 Å². The number of nitrogens with two attached hydrogens (primary N) is 1. The molecular formula is C28H33N7O5. The molecule has 1 aliphatic carbocycles. The smallest absolute Gasteiger partial charge is 0.416 e. The molecule has 210 valence electrons. The van der Waals surface area contributed by atoms with E-state index < -0.39 is 6.09 Å². The van der Waals surface area contributed by atoms with Crippen molar-refractivity contribution in [3.05, 3.63) is 52.8 Å². The average Bonchev–Trinajstić information content (AvgIpc) is 3.30. The Morgan fingerprint density at radius 3 is 2.80 bits per heavy atom. The first kappa shape index (κ1) is 26.1. The second-order valence-corrected chi connectivity index (χ2v) is 10.4. The Hall–Kier alpha value is -4.16. The van der Waals surface area contributed by atoms with Crippen LogP contribution in [-0.4, -0.2) is 77.9 Å². The quantitative estimate of drug-likeness (QED) is 0.386. The standard InChI is InChI=1S/C28H33N7O5/c1-30-18-4-2-17-3-9-26(37)34(21(17)14-18)13-12-33(11-10-29)19-5-6-20-23(15-19)40-28(38)35(20)24-8-7-22-27(31-24)32-25(36)16-39-22/h2-4,7-9,14,19-20,23,30H,5-6,10-13,15-16,29H2,1H3,(H,31,32,36)/t19-,20-,23+/m0/s1. The minimum absolute atomic E-state index is 0.0448. The fraction of sp³-hybridized carbons (Fsp3) is 0.429. The third-order valence-corrected chi connectivity index (χ3v) is 8.04. The fourth-order valence-corrected chi connectivity index (χ4v) is 6.06. The molecule has 12 heteroatoms. The predicted octanol–water partition coefficient (Wildman–Crippen LogP) is 1.98. The molecule has 40 heavy (non-hydrogen) atoms. The maximum absolute atomic E-state index is 13.0. The highest BCUT2D eigenvalue weighted by atomic mass is 16.6. The molecule has 2 aromatic heterocycles. The number of fused-ring (bicyclic) bond motifs is 3. The zero-order chi connectivity index (χ0) is 27.8. The number of hydrogen-bond acceptors (Lipinski definition) is 9. The minimum atomic E-state index is -0.445. The van der Waals surface area contributed by atoms with Crippen LogP contribution < -0.4 is 31.6 Å². The lowest BCUT2D eigenvalue weighted by Crippen LogP contribution is -2.49. The number of carbonyl (C=O) groups excluding carboxylic acids is 2.